The third-order valence-electron chi connectivity index (χ3n) is 6.36. The van der Waals surface area contributed by atoms with E-state index >= 15 is 0 Å². The Morgan fingerprint density at radius 3 is 2.32 bits per heavy atom. The maximum absolute atomic E-state index is 13.8. The summed E-state index contributed by atoms with van der Waals surface area (Å²) in [5, 5.41) is 0.618. The number of benzene rings is 3. The summed E-state index contributed by atoms with van der Waals surface area (Å²) in [6.45, 7) is 7.11. The van der Waals surface area contributed by atoms with Crippen LogP contribution in [-0.4, -0.2) is 37.2 Å². The molecule has 0 unspecified atom stereocenters. The van der Waals surface area contributed by atoms with Gasteiger partial charge in [0.05, 0.1) is 21.7 Å². The van der Waals surface area contributed by atoms with Crippen molar-refractivity contribution in [3.63, 3.8) is 0 Å². The fraction of sp³-hybridized carbons (Fsp3) is 0.310. The number of carbonyl (C=O) groups excluding carboxylic acids is 1. The molecule has 4 aromatic rings. The van der Waals surface area contributed by atoms with Crippen LogP contribution in [0.4, 0.5) is 5.13 Å². The van der Waals surface area contributed by atoms with Crippen LogP contribution in [0.5, 0.6) is 0 Å². The topological polar surface area (TPSA) is 70.6 Å². The zero-order chi connectivity index (χ0) is 26.6. The smallest absolute Gasteiger partial charge is 0.260 e. The van der Waals surface area contributed by atoms with Gasteiger partial charge in [-0.1, -0.05) is 81.0 Å². The predicted molar refractivity (Wildman–Crippen MR) is 152 cm³/mol. The van der Waals surface area contributed by atoms with E-state index < -0.39 is 10.0 Å². The van der Waals surface area contributed by atoms with Crippen molar-refractivity contribution in [1.29, 1.82) is 0 Å². The van der Waals surface area contributed by atoms with Crippen LogP contribution in [0.15, 0.2) is 77.7 Å². The van der Waals surface area contributed by atoms with Crippen LogP contribution in [0, 0.1) is 0 Å². The Bertz CT molecular complexity index is 1460. The average Bonchev–Trinajstić information content (AvgIpc) is 3.34. The number of carbonyl (C=O) groups is 1. The van der Waals surface area contributed by atoms with Crippen LogP contribution in [0.3, 0.4) is 0 Å². The van der Waals surface area contributed by atoms with Crippen molar-refractivity contribution in [1.82, 2.24) is 9.29 Å². The molecule has 1 aromatic heterocycles. The quantitative estimate of drug-likeness (QED) is 0.227. The van der Waals surface area contributed by atoms with Gasteiger partial charge in [0, 0.05) is 19.2 Å². The molecule has 0 atom stereocenters. The van der Waals surface area contributed by atoms with Gasteiger partial charge in [-0.05, 0) is 53.8 Å². The van der Waals surface area contributed by atoms with Crippen LogP contribution < -0.4 is 4.90 Å². The second-order valence-electron chi connectivity index (χ2n) is 9.43. The number of amides is 1. The molecule has 0 aliphatic heterocycles. The van der Waals surface area contributed by atoms with E-state index in [0.29, 0.717) is 29.7 Å². The molecule has 0 radical (unpaired) electrons. The maximum atomic E-state index is 13.8. The molecule has 0 aliphatic carbocycles. The molecule has 6 nitrogen and oxygen atoms in total. The molecule has 0 saturated heterocycles. The first-order chi connectivity index (χ1) is 17.7. The molecule has 0 saturated carbocycles. The highest BCUT2D eigenvalue weighted by Crippen LogP contribution is 2.35. The summed E-state index contributed by atoms with van der Waals surface area (Å²) in [5.74, 6) is 0.0826. The Morgan fingerprint density at radius 2 is 1.68 bits per heavy atom. The molecular weight excluding hydrogens is 502 g/mol. The van der Waals surface area contributed by atoms with Gasteiger partial charge >= 0.3 is 0 Å². The first-order valence-corrected chi connectivity index (χ1v) is 14.8. The first kappa shape index (κ1) is 27.0. The van der Waals surface area contributed by atoms with Gasteiger partial charge in [-0.3, -0.25) is 9.69 Å². The molecule has 3 aromatic carbocycles. The highest BCUT2D eigenvalue weighted by Gasteiger charge is 2.25. The fourth-order valence-corrected chi connectivity index (χ4v) is 6.35. The van der Waals surface area contributed by atoms with Crippen LogP contribution in [0.1, 0.15) is 61.0 Å². The number of aromatic nitrogens is 1. The minimum atomic E-state index is -3.61. The number of hydrogen-bond acceptors (Lipinski definition) is 5. The molecule has 0 fully saturated rings. The lowest BCUT2D eigenvalue weighted by Crippen LogP contribution is -2.30. The van der Waals surface area contributed by atoms with E-state index in [1.807, 2.05) is 49.4 Å². The number of sulfonamides is 1. The Morgan fingerprint density at radius 1 is 0.973 bits per heavy atom. The van der Waals surface area contributed by atoms with Crippen molar-refractivity contribution in [3.05, 3.63) is 89.5 Å². The Kier molecular flexibility index (Phi) is 8.42. The third-order valence-corrected chi connectivity index (χ3v) is 9.27. The number of unbranched alkanes of at least 4 members (excludes halogenated alkanes) is 1. The number of rotatable bonds is 10. The van der Waals surface area contributed by atoms with Gasteiger partial charge < -0.3 is 0 Å². The molecule has 0 bridgehead atoms. The van der Waals surface area contributed by atoms with Crippen molar-refractivity contribution in [2.24, 2.45) is 0 Å². The monoisotopic (exact) mass is 535 g/mol. The summed E-state index contributed by atoms with van der Waals surface area (Å²) < 4.78 is 28.2. The van der Waals surface area contributed by atoms with E-state index in [9.17, 15) is 13.2 Å². The van der Waals surface area contributed by atoms with Crippen molar-refractivity contribution in [2.45, 2.75) is 51.0 Å². The number of para-hydroxylation sites is 1. The molecule has 0 spiro atoms. The highest BCUT2D eigenvalue weighted by atomic mass is 32.2. The molecule has 4 rings (SSSR count). The lowest BCUT2D eigenvalue weighted by atomic mass is 10.0. The number of hydrogen-bond donors (Lipinski definition) is 0. The predicted octanol–water partition coefficient (Wildman–Crippen LogP) is 6.69. The molecular formula is C29H33N3O3S2. The minimum absolute atomic E-state index is 0.179. The highest BCUT2D eigenvalue weighted by molar-refractivity contribution is 7.89. The van der Waals surface area contributed by atoms with E-state index in [1.165, 1.54) is 27.8 Å². The normalized spacial score (nSPS) is 11.9. The summed E-state index contributed by atoms with van der Waals surface area (Å²) in [4.78, 5) is 20.6. The van der Waals surface area contributed by atoms with E-state index in [1.54, 1.807) is 24.1 Å². The van der Waals surface area contributed by atoms with E-state index in [-0.39, 0.29) is 10.8 Å². The molecule has 8 heteroatoms. The second kappa shape index (κ2) is 11.5. The number of fused-ring (bicyclic) bond motifs is 1. The van der Waals surface area contributed by atoms with Gasteiger partial charge in [0.1, 0.15) is 0 Å². The first-order valence-electron chi connectivity index (χ1n) is 12.5. The average molecular weight is 536 g/mol. The van der Waals surface area contributed by atoms with E-state index in [2.05, 4.69) is 19.9 Å². The van der Waals surface area contributed by atoms with Crippen molar-refractivity contribution in [3.8, 4) is 0 Å². The number of anilines is 1. The van der Waals surface area contributed by atoms with E-state index in [0.717, 1.165) is 34.2 Å². The van der Waals surface area contributed by atoms with Gasteiger partial charge in [-0.2, -0.15) is 0 Å². The van der Waals surface area contributed by atoms with E-state index in [4.69, 9.17) is 4.98 Å². The second-order valence-corrected chi connectivity index (χ2v) is 12.5. The minimum Gasteiger partial charge on any atom is -0.279 e. The Balaban J connectivity index is 1.69. The van der Waals surface area contributed by atoms with Crippen LogP contribution in [-0.2, 0) is 16.6 Å². The Hall–Kier alpha value is -3.07. The zero-order valence-corrected chi connectivity index (χ0v) is 23.3. The standard InChI is InChI=1S/C29H33N3O3S2/c1-5-6-19-31(4)37(34,35)24-17-15-23(16-18-24)28(33)32(20-22-11-8-7-9-12-22)29-30-27-25(21(2)3)13-10-14-26(27)36-29/h7-18,21H,5-6,19-20H2,1-4H3. The molecule has 0 aliphatic rings. The third kappa shape index (κ3) is 5.92. The van der Waals surface area contributed by atoms with Gasteiger partial charge in [-0.15, -0.1) is 0 Å². The summed E-state index contributed by atoms with van der Waals surface area (Å²) in [6.07, 6.45) is 1.70. The summed E-state index contributed by atoms with van der Waals surface area (Å²) in [5.41, 5.74) is 3.46. The molecule has 37 heavy (non-hydrogen) atoms. The van der Waals surface area contributed by atoms with Gasteiger partial charge in [0.25, 0.3) is 5.91 Å². The fourth-order valence-electron chi connectivity index (χ4n) is 4.14. The Labute approximate surface area is 223 Å². The van der Waals surface area contributed by atoms with Crippen LogP contribution in [0.2, 0.25) is 0 Å². The molecule has 194 valence electrons. The van der Waals surface area contributed by atoms with Crippen molar-refractivity contribution >= 4 is 42.6 Å². The summed E-state index contributed by atoms with van der Waals surface area (Å²) in [7, 11) is -2.02. The van der Waals surface area contributed by atoms with Crippen LogP contribution >= 0.6 is 11.3 Å². The zero-order valence-electron chi connectivity index (χ0n) is 21.7. The summed E-state index contributed by atoms with van der Waals surface area (Å²) in [6, 6.07) is 22.1. The molecule has 1 amide bonds. The van der Waals surface area contributed by atoms with Crippen LogP contribution in [0.25, 0.3) is 10.2 Å². The lowest BCUT2D eigenvalue weighted by molar-refractivity contribution is 0.0985. The lowest BCUT2D eigenvalue weighted by Gasteiger charge is -2.21. The van der Waals surface area contributed by atoms with Gasteiger partial charge in [0.15, 0.2) is 5.13 Å². The number of thiazole rings is 1. The maximum Gasteiger partial charge on any atom is 0.260 e. The van der Waals surface area contributed by atoms with Gasteiger partial charge in [-0.25, -0.2) is 17.7 Å². The largest absolute Gasteiger partial charge is 0.279 e. The number of nitrogens with zero attached hydrogens (tertiary/aromatic N) is 3. The SMILES string of the molecule is CCCCN(C)S(=O)(=O)c1ccc(C(=O)N(Cc2ccccc2)c2nc3c(C(C)C)cccc3s2)cc1. The molecule has 1 heterocycles. The van der Waals surface area contributed by atoms with Crippen molar-refractivity contribution < 1.29 is 13.2 Å². The van der Waals surface area contributed by atoms with Crippen molar-refractivity contribution in [2.75, 3.05) is 18.5 Å². The summed E-state index contributed by atoms with van der Waals surface area (Å²) >= 11 is 1.49. The van der Waals surface area contributed by atoms with Gasteiger partial charge in [0.2, 0.25) is 10.0 Å². The molecule has 0 N–H and O–H groups in total.